The number of anilines is 2. The number of para-hydroxylation sites is 1. The monoisotopic (exact) mass is 397 g/mol. The molecule has 142 valence electrons. The second kappa shape index (κ2) is 7.82. The van der Waals surface area contributed by atoms with Crippen LogP contribution in [0.1, 0.15) is 16.7 Å². The maximum atomic E-state index is 6.49. The van der Waals surface area contributed by atoms with Gasteiger partial charge in [0.1, 0.15) is 5.84 Å². The average molecular weight is 398 g/mol. The molecule has 29 heavy (non-hydrogen) atoms. The predicted octanol–water partition coefficient (Wildman–Crippen LogP) is 6.53. The van der Waals surface area contributed by atoms with Crippen LogP contribution in [0, 0.1) is 0 Å². The Labute approximate surface area is 176 Å². The third kappa shape index (κ3) is 3.48. The standard InChI is InChI=1S/C25H19N3.ClH/c26-25(28-23-13-5-9-17-7-1-3-10-19(17)23)21-11-6-14-24-20(21)16-15-18-8-2-4-12-22(18)27-24;/h1-16,27H,(H2,26,28);1H. The van der Waals surface area contributed by atoms with E-state index in [-0.39, 0.29) is 12.4 Å². The first-order valence-corrected chi connectivity index (χ1v) is 9.29. The Hall–Kier alpha value is -3.56. The van der Waals surface area contributed by atoms with Crippen LogP contribution in [-0.2, 0) is 0 Å². The lowest BCUT2D eigenvalue weighted by Crippen LogP contribution is -2.15. The minimum Gasteiger partial charge on any atom is -0.383 e. The summed E-state index contributed by atoms with van der Waals surface area (Å²) >= 11 is 0. The first kappa shape index (κ1) is 18.8. The smallest absolute Gasteiger partial charge is 0.132 e. The fraction of sp³-hybridized carbons (Fsp3) is 0. The summed E-state index contributed by atoms with van der Waals surface area (Å²) in [6.45, 7) is 0. The minimum atomic E-state index is 0. The van der Waals surface area contributed by atoms with Crippen molar-refractivity contribution in [3.8, 4) is 0 Å². The number of halogens is 1. The Morgan fingerprint density at radius 2 is 1.45 bits per heavy atom. The number of amidine groups is 1. The van der Waals surface area contributed by atoms with E-state index < -0.39 is 0 Å². The molecule has 0 fully saturated rings. The molecule has 0 aliphatic carbocycles. The van der Waals surface area contributed by atoms with Gasteiger partial charge in [0, 0.05) is 27.9 Å². The summed E-state index contributed by atoms with van der Waals surface area (Å²) in [5.41, 5.74) is 12.6. The van der Waals surface area contributed by atoms with Crippen LogP contribution in [0.4, 0.5) is 17.1 Å². The van der Waals surface area contributed by atoms with Gasteiger partial charge < -0.3 is 11.1 Å². The molecule has 0 radical (unpaired) electrons. The van der Waals surface area contributed by atoms with E-state index in [9.17, 15) is 0 Å². The second-order valence-electron chi connectivity index (χ2n) is 6.81. The molecule has 0 amide bonds. The van der Waals surface area contributed by atoms with Gasteiger partial charge in [-0.15, -0.1) is 12.4 Å². The molecule has 1 aliphatic heterocycles. The molecule has 0 saturated carbocycles. The Balaban J connectivity index is 0.00000205. The summed E-state index contributed by atoms with van der Waals surface area (Å²) in [4.78, 5) is 4.78. The SMILES string of the molecule is Cl.NC(=Nc1cccc2ccccc12)c1cccc2c1C=Cc1ccccc1N2. The predicted molar refractivity (Wildman–Crippen MR) is 127 cm³/mol. The maximum Gasteiger partial charge on any atom is 0.132 e. The molecular weight excluding hydrogens is 378 g/mol. The van der Waals surface area contributed by atoms with Crippen molar-refractivity contribution in [2.24, 2.45) is 10.7 Å². The minimum absolute atomic E-state index is 0. The molecule has 4 aromatic carbocycles. The maximum absolute atomic E-state index is 6.49. The van der Waals surface area contributed by atoms with E-state index in [2.05, 4.69) is 53.9 Å². The highest BCUT2D eigenvalue weighted by atomic mass is 35.5. The summed E-state index contributed by atoms with van der Waals surface area (Å²) < 4.78 is 0. The Morgan fingerprint density at radius 3 is 2.38 bits per heavy atom. The van der Waals surface area contributed by atoms with Gasteiger partial charge in [-0.25, -0.2) is 4.99 Å². The van der Waals surface area contributed by atoms with Gasteiger partial charge in [-0.2, -0.15) is 0 Å². The highest BCUT2D eigenvalue weighted by Crippen LogP contribution is 2.33. The summed E-state index contributed by atoms with van der Waals surface area (Å²) in [6, 6.07) is 28.7. The molecule has 4 heteroatoms. The van der Waals surface area contributed by atoms with Crippen molar-refractivity contribution in [3.05, 3.63) is 102 Å². The van der Waals surface area contributed by atoms with Crippen molar-refractivity contribution < 1.29 is 0 Å². The van der Waals surface area contributed by atoms with E-state index in [1.54, 1.807) is 0 Å². The van der Waals surface area contributed by atoms with Gasteiger partial charge in [-0.1, -0.05) is 78.9 Å². The van der Waals surface area contributed by atoms with Crippen LogP contribution in [0.25, 0.3) is 22.9 Å². The van der Waals surface area contributed by atoms with Crippen molar-refractivity contribution in [1.82, 2.24) is 0 Å². The zero-order valence-electron chi connectivity index (χ0n) is 15.7. The molecule has 5 rings (SSSR count). The van der Waals surface area contributed by atoms with E-state index in [1.165, 1.54) is 0 Å². The highest BCUT2D eigenvalue weighted by molar-refractivity contribution is 6.07. The van der Waals surface area contributed by atoms with Gasteiger partial charge in [0.2, 0.25) is 0 Å². The van der Waals surface area contributed by atoms with Crippen LogP contribution < -0.4 is 11.1 Å². The number of nitrogens with two attached hydrogens (primary N) is 1. The van der Waals surface area contributed by atoms with Gasteiger partial charge >= 0.3 is 0 Å². The number of nitrogens with one attached hydrogen (secondary N) is 1. The average Bonchev–Trinajstić information content (AvgIpc) is 2.93. The molecular formula is C25H20ClN3. The molecule has 0 spiro atoms. The molecule has 0 aromatic heterocycles. The first-order valence-electron chi connectivity index (χ1n) is 9.29. The number of rotatable bonds is 2. The van der Waals surface area contributed by atoms with E-state index >= 15 is 0 Å². The summed E-state index contributed by atoms with van der Waals surface area (Å²) in [6.07, 6.45) is 4.22. The van der Waals surface area contributed by atoms with Crippen LogP contribution in [0.2, 0.25) is 0 Å². The molecule has 0 atom stereocenters. The third-order valence-corrected chi connectivity index (χ3v) is 5.05. The van der Waals surface area contributed by atoms with Gasteiger partial charge in [0.25, 0.3) is 0 Å². The fourth-order valence-corrected chi connectivity index (χ4v) is 3.65. The van der Waals surface area contributed by atoms with E-state index in [4.69, 9.17) is 10.7 Å². The van der Waals surface area contributed by atoms with Crippen molar-refractivity contribution in [2.45, 2.75) is 0 Å². The van der Waals surface area contributed by atoms with Gasteiger partial charge in [0.05, 0.1) is 5.69 Å². The molecule has 3 N–H and O–H groups in total. The Kier molecular flexibility index (Phi) is 5.07. The van der Waals surface area contributed by atoms with E-state index in [1.807, 2.05) is 48.5 Å². The molecule has 1 heterocycles. The summed E-state index contributed by atoms with van der Waals surface area (Å²) in [7, 11) is 0. The van der Waals surface area contributed by atoms with Crippen molar-refractivity contribution in [1.29, 1.82) is 0 Å². The molecule has 1 aliphatic rings. The zero-order valence-corrected chi connectivity index (χ0v) is 16.5. The van der Waals surface area contributed by atoms with Crippen molar-refractivity contribution >= 4 is 58.2 Å². The highest BCUT2D eigenvalue weighted by Gasteiger charge is 2.13. The van der Waals surface area contributed by atoms with Gasteiger partial charge in [-0.3, -0.25) is 0 Å². The normalized spacial score (nSPS) is 12.3. The fourth-order valence-electron chi connectivity index (χ4n) is 3.65. The zero-order chi connectivity index (χ0) is 18.9. The second-order valence-corrected chi connectivity index (χ2v) is 6.81. The van der Waals surface area contributed by atoms with Crippen LogP contribution in [0.5, 0.6) is 0 Å². The molecule has 4 aromatic rings. The lowest BCUT2D eigenvalue weighted by molar-refractivity contribution is 1.45. The van der Waals surface area contributed by atoms with Crippen LogP contribution in [0.3, 0.4) is 0 Å². The van der Waals surface area contributed by atoms with Crippen LogP contribution >= 0.6 is 12.4 Å². The summed E-state index contributed by atoms with van der Waals surface area (Å²) in [5.74, 6) is 0.505. The number of fused-ring (bicyclic) bond motifs is 3. The number of benzene rings is 4. The van der Waals surface area contributed by atoms with Crippen LogP contribution in [-0.4, -0.2) is 5.84 Å². The van der Waals surface area contributed by atoms with Crippen molar-refractivity contribution in [3.63, 3.8) is 0 Å². The van der Waals surface area contributed by atoms with E-state index in [0.29, 0.717) is 5.84 Å². The Morgan fingerprint density at radius 1 is 0.724 bits per heavy atom. The first-order chi connectivity index (χ1) is 13.8. The summed E-state index contributed by atoms with van der Waals surface area (Å²) in [5, 5.41) is 5.77. The molecule has 0 saturated heterocycles. The quantitative estimate of drug-likeness (QED) is 0.263. The number of hydrogen-bond donors (Lipinski definition) is 2. The topological polar surface area (TPSA) is 50.4 Å². The molecule has 3 nitrogen and oxygen atoms in total. The van der Waals surface area contributed by atoms with Gasteiger partial charge in [0.15, 0.2) is 0 Å². The van der Waals surface area contributed by atoms with E-state index in [0.717, 1.165) is 44.5 Å². The van der Waals surface area contributed by atoms with Gasteiger partial charge in [-0.05, 0) is 29.1 Å². The number of nitrogens with zero attached hydrogens (tertiary/aromatic N) is 1. The number of hydrogen-bond acceptors (Lipinski definition) is 2. The molecule has 0 unspecified atom stereocenters. The number of aliphatic imine (C=N–C) groups is 1. The lowest BCUT2D eigenvalue weighted by Gasteiger charge is -2.13. The van der Waals surface area contributed by atoms with Crippen LogP contribution in [0.15, 0.2) is 89.9 Å². The largest absolute Gasteiger partial charge is 0.383 e. The Bertz CT molecular complexity index is 1250. The van der Waals surface area contributed by atoms with Crippen molar-refractivity contribution in [2.75, 3.05) is 5.32 Å². The third-order valence-electron chi connectivity index (χ3n) is 5.05. The molecule has 0 bridgehead atoms. The lowest BCUT2D eigenvalue weighted by atomic mass is 10.0.